The molecular weight excluding hydrogens is 182 g/mol. The van der Waals surface area contributed by atoms with Gasteiger partial charge in [-0.15, -0.1) is 0 Å². The third-order valence-corrected chi connectivity index (χ3v) is 0. The van der Waals surface area contributed by atoms with Crippen LogP contribution in [0.2, 0.25) is 0 Å². The monoisotopic (exact) mass is 211 g/mol. The molecule has 0 aliphatic rings. The molecular formula is C9H29N3S. The Kier molecular flexibility index (Phi) is 32.3. The largest absolute Gasteiger partial charge is 0.312 e. The van der Waals surface area contributed by atoms with Crippen molar-refractivity contribution in [1.29, 1.82) is 0 Å². The summed E-state index contributed by atoms with van der Waals surface area (Å²) in [6, 6.07) is 0. The zero-order valence-corrected chi connectivity index (χ0v) is 11.8. The topological polar surface area (TPSA) is 9.72 Å². The molecule has 0 saturated heterocycles. The van der Waals surface area contributed by atoms with Gasteiger partial charge in [0.05, 0.1) is 0 Å². The van der Waals surface area contributed by atoms with Crippen LogP contribution in [-0.4, -0.2) is 78.1 Å². The number of nitrogens with zero attached hydrogens (tertiary/aromatic N) is 3. The summed E-state index contributed by atoms with van der Waals surface area (Å²) < 4.78 is 0. The van der Waals surface area contributed by atoms with E-state index >= 15 is 0 Å². The first-order valence-corrected chi connectivity index (χ1v) is 4.02. The van der Waals surface area contributed by atoms with E-state index < -0.39 is 0 Å². The van der Waals surface area contributed by atoms with Crippen LogP contribution in [0.5, 0.6) is 0 Å². The molecule has 86 valence electrons. The molecule has 13 heavy (non-hydrogen) atoms. The average Bonchev–Trinajstić information content (AvgIpc) is 1.54. The summed E-state index contributed by atoms with van der Waals surface area (Å²) in [6.45, 7) is 0. The zero-order chi connectivity index (χ0) is 10.7. The molecule has 0 amide bonds. The molecule has 0 spiro atoms. The predicted octanol–water partition coefficient (Wildman–Crippen LogP) is 0.646. The summed E-state index contributed by atoms with van der Waals surface area (Å²) in [6.07, 6.45) is 0. The Morgan fingerprint density at radius 3 is 0.385 bits per heavy atom. The van der Waals surface area contributed by atoms with Gasteiger partial charge >= 0.3 is 0 Å². The molecule has 0 saturated carbocycles. The summed E-state index contributed by atoms with van der Waals surface area (Å²) in [7, 11) is 18.0. The molecule has 4 heteroatoms. The van der Waals surface area contributed by atoms with Gasteiger partial charge in [0.2, 0.25) is 0 Å². The van der Waals surface area contributed by atoms with Crippen LogP contribution in [-0.2, 0) is 0 Å². The van der Waals surface area contributed by atoms with Gasteiger partial charge < -0.3 is 14.7 Å². The van der Waals surface area contributed by atoms with E-state index in [0.717, 1.165) is 0 Å². The van der Waals surface area contributed by atoms with Crippen LogP contribution >= 0.6 is 13.5 Å². The normalized spacial score (nSPS) is 8.31. The summed E-state index contributed by atoms with van der Waals surface area (Å²) in [5.74, 6) is 0. The van der Waals surface area contributed by atoms with Crippen molar-refractivity contribution in [3.8, 4) is 0 Å². The molecule has 0 atom stereocenters. The van der Waals surface area contributed by atoms with Crippen LogP contribution in [0.15, 0.2) is 0 Å². The molecule has 0 aromatic heterocycles. The van der Waals surface area contributed by atoms with E-state index in [9.17, 15) is 0 Å². The highest BCUT2D eigenvalue weighted by Gasteiger charge is 1.58. The van der Waals surface area contributed by atoms with Crippen LogP contribution in [0.4, 0.5) is 0 Å². The number of hydrogen-bond acceptors (Lipinski definition) is 3. The first kappa shape index (κ1) is 23.2. The van der Waals surface area contributed by atoms with Crippen molar-refractivity contribution < 1.29 is 0 Å². The smallest absolute Gasteiger partial charge is 0.0140 e. The Bertz CT molecular complexity index is 43.4. The third kappa shape index (κ3) is 24200. The van der Waals surface area contributed by atoms with Crippen LogP contribution < -0.4 is 0 Å². The van der Waals surface area contributed by atoms with E-state index in [1.165, 1.54) is 0 Å². The minimum atomic E-state index is 0. The van der Waals surface area contributed by atoms with Gasteiger partial charge in [0.15, 0.2) is 0 Å². The summed E-state index contributed by atoms with van der Waals surface area (Å²) >= 11 is 0. The van der Waals surface area contributed by atoms with E-state index in [1.807, 2.05) is 78.1 Å². The first-order chi connectivity index (χ1) is 5.20. The highest BCUT2D eigenvalue weighted by atomic mass is 32.1. The molecule has 0 radical (unpaired) electrons. The highest BCUT2D eigenvalue weighted by molar-refractivity contribution is 7.59. The fraction of sp³-hybridized carbons (Fsp3) is 1.00. The molecule has 0 aliphatic heterocycles. The molecule has 0 bridgehead atoms. The van der Waals surface area contributed by atoms with E-state index in [-0.39, 0.29) is 13.5 Å². The molecule has 0 N–H and O–H groups in total. The van der Waals surface area contributed by atoms with E-state index in [2.05, 4.69) is 0 Å². The third-order valence-electron chi connectivity index (χ3n) is 0. The maximum atomic E-state index is 2.00. The van der Waals surface area contributed by atoms with Crippen molar-refractivity contribution in [2.24, 2.45) is 0 Å². The molecule has 3 nitrogen and oxygen atoms in total. The summed E-state index contributed by atoms with van der Waals surface area (Å²) in [5.41, 5.74) is 0. The van der Waals surface area contributed by atoms with Gasteiger partial charge in [0.25, 0.3) is 0 Å². The SMILES string of the molecule is CN(C)C.CN(C)C.CN(C)C.S. The molecule has 0 aromatic carbocycles. The summed E-state index contributed by atoms with van der Waals surface area (Å²) in [5, 5.41) is 0. The Balaban J connectivity index is -0.0000000450. The Morgan fingerprint density at radius 2 is 0.385 bits per heavy atom. The predicted molar refractivity (Wildman–Crippen MR) is 69.2 cm³/mol. The van der Waals surface area contributed by atoms with Crippen molar-refractivity contribution in [2.75, 3.05) is 63.4 Å². The van der Waals surface area contributed by atoms with Crippen molar-refractivity contribution >= 4 is 13.5 Å². The fourth-order valence-corrected chi connectivity index (χ4v) is 0. The van der Waals surface area contributed by atoms with Crippen molar-refractivity contribution in [1.82, 2.24) is 14.7 Å². The number of hydrogen-bond donors (Lipinski definition) is 0. The standard InChI is InChI=1S/3C3H9N.H2S/c3*1-4(2)3;/h3*1-3H3;1H2. The molecule has 0 rings (SSSR count). The van der Waals surface area contributed by atoms with Crippen molar-refractivity contribution in [3.63, 3.8) is 0 Å². The minimum Gasteiger partial charge on any atom is -0.312 e. The maximum Gasteiger partial charge on any atom is -0.0140 e. The lowest BCUT2D eigenvalue weighted by molar-refractivity contribution is 0.505. The minimum absolute atomic E-state index is 0. The second kappa shape index (κ2) is 18.1. The van der Waals surface area contributed by atoms with E-state index in [4.69, 9.17) is 0 Å². The van der Waals surface area contributed by atoms with Gasteiger partial charge in [-0.2, -0.15) is 13.5 Å². The molecule has 0 unspecified atom stereocenters. The van der Waals surface area contributed by atoms with Gasteiger partial charge in [-0.1, -0.05) is 0 Å². The molecule has 0 fully saturated rings. The zero-order valence-electron chi connectivity index (χ0n) is 10.8. The quantitative estimate of drug-likeness (QED) is 0.582. The van der Waals surface area contributed by atoms with E-state index in [1.54, 1.807) is 0 Å². The fourth-order valence-electron chi connectivity index (χ4n) is 0. The summed E-state index contributed by atoms with van der Waals surface area (Å²) in [4.78, 5) is 6.00. The second-order valence-corrected chi connectivity index (χ2v) is 4.02. The average molecular weight is 211 g/mol. The van der Waals surface area contributed by atoms with Gasteiger partial charge in [-0.3, -0.25) is 0 Å². The van der Waals surface area contributed by atoms with Crippen LogP contribution in [0.1, 0.15) is 0 Å². The van der Waals surface area contributed by atoms with Crippen molar-refractivity contribution in [2.45, 2.75) is 0 Å². The lowest BCUT2D eigenvalue weighted by atomic mass is 11.0. The Hall–Kier alpha value is 0.230. The van der Waals surface area contributed by atoms with Crippen molar-refractivity contribution in [3.05, 3.63) is 0 Å². The first-order valence-electron chi connectivity index (χ1n) is 4.02. The lowest BCUT2D eigenvalue weighted by Crippen LogP contribution is -1.99. The molecule has 0 aliphatic carbocycles. The van der Waals surface area contributed by atoms with Gasteiger partial charge in [-0.25, -0.2) is 0 Å². The van der Waals surface area contributed by atoms with Crippen LogP contribution in [0.3, 0.4) is 0 Å². The molecule has 0 aromatic rings. The van der Waals surface area contributed by atoms with Gasteiger partial charge in [0, 0.05) is 0 Å². The van der Waals surface area contributed by atoms with Crippen LogP contribution in [0.25, 0.3) is 0 Å². The Labute approximate surface area is 92.1 Å². The lowest BCUT2D eigenvalue weighted by Gasteiger charge is -1.90. The Morgan fingerprint density at radius 1 is 0.385 bits per heavy atom. The van der Waals surface area contributed by atoms with E-state index in [0.29, 0.717) is 0 Å². The molecule has 0 heterocycles. The number of rotatable bonds is 0. The van der Waals surface area contributed by atoms with Gasteiger partial charge in [0.1, 0.15) is 0 Å². The second-order valence-electron chi connectivity index (χ2n) is 4.02. The van der Waals surface area contributed by atoms with Gasteiger partial charge in [-0.05, 0) is 63.4 Å². The highest BCUT2D eigenvalue weighted by Crippen LogP contribution is 1.48. The maximum absolute atomic E-state index is 2.00. The van der Waals surface area contributed by atoms with Crippen LogP contribution in [0, 0.1) is 0 Å².